The Balaban J connectivity index is 0. The molecule has 0 aromatic heterocycles. The van der Waals surface area contributed by atoms with Gasteiger partial charge in [0.15, 0.2) is 0 Å². The highest BCUT2D eigenvalue weighted by atomic mass is 35.5. The van der Waals surface area contributed by atoms with Gasteiger partial charge in [-0.15, -0.1) is 11.6 Å². The van der Waals surface area contributed by atoms with Crippen LogP contribution in [-0.2, 0) is 14.3 Å². The summed E-state index contributed by atoms with van der Waals surface area (Å²) in [4.78, 5) is 20.3. The van der Waals surface area contributed by atoms with Crippen molar-refractivity contribution in [3.8, 4) is 0 Å². The van der Waals surface area contributed by atoms with Crippen LogP contribution in [0.4, 0.5) is 0 Å². The second-order valence-corrected chi connectivity index (χ2v) is 11.3. The molecule has 2 saturated carbocycles. The molecule has 2 rings (SSSR count). The third-order valence-electron chi connectivity index (χ3n) is 4.45. The number of carbonyl (C=O) groups is 2. The molecule has 0 amide bonds. The molecule has 0 radical (unpaired) electrons. The smallest absolute Gasteiger partial charge is 0.326 e. The molecule has 168 valence electrons. The number of alkyl halides is 1. The maximum atomic E-state index is 11.3. The molecule has 0 aromatic rings. The molecule has 7 nitrogen and oxygen atoms in total. The SMILES string of the molecule is CC(C)(N)C(=O)O.CC1(C)CC(O)C1.CC1(C)CC(OC(=O)C(C)(C)Cl)C1.N. The fraction of sp³-hybridized carbons (Fsp3) is 0.900. The topological polar surface area (TPSA) is 145 Å². The number of carbonyl (C=O) groups excluding carboxylic acids is 1. The molecule has 7 N–H and O–H groups in total. The van der Waals surface area contributed by atoms with Crippen LogP contribution in [0.5, 0.6) is 0 Å². The van der Waals surface area contributed by atoms with E-state index in [0.29, 0.717) is 10.8 Å². The lowest BCUT2D eigenvalue weighted by molar-refractivity contribution is -0.161. The number of esters is 1. The average Bonchev–Trinajstić information content (AvgIpc) is 2.33. The lowest BCUT2D eigenvalue weighted by Gasteiger charge is -2.42. The van der Waals surface area contributed by atoms with E-state index in [1.54, 1.807) is 13.8 Å². The molecule has 0 bridgehead atoms. The van der Waals surface area contributed by atoms with Gasteiger partial charge in [-0.3, -0.25) is 9.59 Å². The molecule has 28 heavy (non-hydrogen) atoms. The highest BCUT2D eigenvalue weighted by Gasteiger charge is 2.40. The number of rotatable bonds is 3. The van der Waals surface area contributed by atoms with E-state index >= 15 is 0 Å². The van der Waals surface area contributed by atoms with Crippen LogP contribution in [0.2, 0.25) is 0 Å². The van der Waals surface area contributed by atoms with Crippen molar-refractivity contribution in [1.29, 1.82) is 0 Å². The third-order valence-corrected chi connectivity index (χ3v) is 4.60. The van der Waals surface area contributed by atoms with Gasteiger partial charge in [-0.2, -0.15) is 0 Å². The number of nitrogens with two attached hydrogens (primary N) is 1. The quantitative estimate of drug-likeness (QED) is 0.397. The lowest BCUT2D eigenvalue weighted by Crippen LogP contribution is -2.42. The van der Waals surface area contributed by atoms with Crippen LogP contribution >= 0.6 is 11.6 Å². The third kappa shape index (κ3) is 11.8. The number of carboxylic acid groups (broad SMARTS) is 1. The Labute approximate surface area is 174 Å². The summed E-state index contributed by atoms with van der Waals surface area (Å²) < 4.78 is 5.22. The van der Waals surface area contributed by atoms with Gasteiger partial charge in [-0.25, -0.2) is 0 Å². The molecular weight excluding hydrogens is 384 g/mol. The van der Waals surface area contributed by atoms with Gasteiger partial charge in [0, 0.05) is 0 Å². The fourth-order valence-corrected chi connectivity index (χ4v) is 2.81. The van der Waals surface area contributed by atoms with E-state index in [9.17, 15) is 9.59 Å². The monoisotopic (exact) mass is 424 g/mol. The minimum Gasteiger partial charge on any atom is -0.480 e. The number of aliphatic hydroxyl groups is 1. The van der Waals surface area contributed by atoms with Crippen LogP contribution in [0.25, 0.3) is 0 Å². The summed E-state index contributed by atoms with van der Waals surface area (Å²) in [5.74, 6) is -1.29. The Morgan fingerprint density at radius 3 is 1.46 bits per heavy atom. The molecule has 0 saturated heterocycles. The first-order valence-corrected chi connectivity index (χ1v) is 9.73. The summed E-state index contributed by atoms with van der Waals surface area (Å²) >= 11 is 5.81. The molecule has 0 heterocycles. The summed E-state index contributed by atoms with van der Waals surface area (Å²) in [5, 5.41) is 16.9. The summed E-state index contributed by atoms with van der Waals surface area (Å²) in [6, 6.07) is 0. The number of aliphatic hydroxyl groups excluding tert-OH is 1. The first-order valence-electron chi connectivity index (χ1n) is 9.35. The zero-order valence-electron chi connectivity index (χ0n) is 18.8. The van der Waals surface area contributed by atoms with Crippen LogP contribution < -0.4 is 11.9 Å². The van der Waals surface area contributed by atoms with E-state index < -0.39 is 16.4 Å². The van der Waals surface area contributed by atoms with Crippen LogP contribution in [0.3, 0.4) is 0 Å². The van der Waals surface area contributed by atoms with Gasteiger partial charge in [0.05, 0.1) is 6.10 Å². The lowest BCUT2D eigenvalue weighted by atomic mass is 9.70. The van der Waals surface area contributed by atoms with Crippen LogP contribution in [0, 0.1) is 10.8 Å². The number of hydrogen-bond acceptors (Lipinski definition) is 6. The summed E-state index contributed by atoms with van der Waals surface area (Å²) in [6.07, 6.45) is 3.98. The molecule has 2 aliphatic carbocycles. The normalized spacial score (nSPS) is 20.5. The van der Waals surface area contributed by atoms with Crippen molar-refractivity contribution in [3.63, 3.8) is 0 Å². The average molecular weight is 425 g/mol. The van der Waals surface area contributed by atoms with Crippen LogP contribution in [0.1, 0.15) is 81.1 Å². The van der Waals surface area contributed by atoms with Gasteiger partial charge in [-0.1, -0.05) is 27.7 Å². The van der Waals surface area contributed by atoms with Gasteiger partial charge >= 0.3 is 11.9 Å². The molecule has 0 aliphatic heterocycles. The largest absolute Gasteiger partial charge is 0.480 e. The number of aliphatic carboxylic acids is 1. The Bertz CT molecular complexity index is 506. The zero-order valence-corrected chi connectivity index (χ0v) is 19.5. The van der Waals surface area contributed by atoms with Gasteiger partial charge in [0.25, 0.3) is 0 Å². The van der Waals surface area contributed by atoms with Crippen molar-refractivity contribution < 1.29 is 24.5 Å². The number of halogens is 1. The molecule has 0 atom stereocenters. The number of carboxylic acids is 1. The van der Waals surface area contributed by atoms with Crippen molar-refractivity contribution in [2.75, 3.05) is 0 Å². The molecule has 2 fully saturated rings. The van der Waals surface area contributed by atoms with E-state index in [2.05, 4.69) is 27.7 Å². The van der Waals surface area contributed by atoms with Gasteiger partial charge in [-0.05, 0) is 64.2 Å². The molecule has 0 spiro atoms. The van der Waals surface area contributed by atoms with Crippen molar-refractivity contribution in [2.24, 2.45) is 16.6 Å². The molecule has 0 aromatic carbocycles. The summed E-state index contributed by atoms with van der Waals surface area (Å²) in [7, 11) is 0. The van der Waals surface area contributed by atoms with E-state index in [1.165, 1.54) is 13.8 Å². The summed E-state index contributed by atoms with van der Waals surface area (Å²) in [5.41, 5.74) is 4.77. The highest BCUT2D eigenvalue weighted by Crippen LogP contribution is 2.42. The van der Waals surface area contributed by atoms with E-state index in [-0.39, 0.29) is 24.3 Å². The second kappa shape index (κ2) is 10.2. The Hall–Kier alpha value is -0.890. The highest BCUT2D eigenvalue weighted by molar-refractivity contribution is 6.33. The number of ether oxygens (including phenoxy) is 1. The van der Waals surface area contributed by atoms with Crippen molar-refractivity contribution in [1.82, 2.24) is 6.15 Å². The maximum absolute atomic E-state index is 11.3. The van der Waals surface area contributed by atoms with Crippen molar-refractivity contribution in [3.05, 3.63) is 0 Å². The fourth-order valence-electron chi connectivity index (χ4n) is 2.76. The molecule has 8 heteroatoms. The van der Waals surface area contributed by atoms with Gasteiger partial charge < -0.3 is 26.8 Å². The van der Waals surface area contributed by atoms with Gasteiger partial charge in [0.2, 0.25) is 0 Å². The Morgan fingerprint density at radius 2 is 1.32 bits per heavy atom. The first-order chi connectivity index (χ1) is 11.8. The van der Waals surface area contributed by atoms with E-state index in [0.717, 1.165) is 25.7 Å². The zero-order chi connectivity index (χ0) is 21.8. The summed E-state index contributed by atoms with van der Waals surface area (Å²) in [6.45, 7) is 14.9. The second-order valence-electron chi connectivity index (χ2n) is 10.3. The van der Waals surface area contributed by atoms with E-state index in [4.69, 9.17) is 32.3 Å². The minimum atomic E-state index is -1.08. The van der Waals surface area contributed by atoms with Crippen LogP contribution in [-0.4, -0.2) is 44.8 Å². The van der Waals surface area contributed by atoms with Crippen LogP contribution in [0.15, 0.2) is 0 Å². The Morgan fingerprint density at radius 1 is 1.00 bits per heavy atom. The Kier molecular flexibility index (Phi) is 10.7. The molecular formula is C20H41ClN2O5. The minimum absolute atomic E-state index is 0. The predicted molar refractivity (Wildman–Crippen MR) is 113 cm³/mol. The molecule has 0 unspecified atom stereocenters. The van der Waals surface area contributed by atoms with Crippen molar-refractivity contribution in [2.45, 2.75) is 104 Å². The van der Waals surface area contributed by atoms with E-state index in [1.807, 2.05) is 0 Å². The van der Waals surface area contributed by atoms with Gasteiger partial charge in [0.1, 0.15) is 16.5 Å². The maximum Gasteiger partial charge on any atom is 0.326 e. The first kappa shape index (κ1) is 29.3. The van der Waals surface area contributed by atoms with Crippen molar-refractivity contribution >= 4 is 23.5 Å². The predicted octanol–water partition coefficient (Wildman–Crippen LogP) is 3.87. The number of hydrogen-bond donors (Lipinski definition) is 4. The molecule has 2 aliphatic rings. The standard InChI is InChI=1S/C10H17ClO2.C6H12O.C4H9NO2.H3N/c1-9(2)5-7(6-9)13-8(12)10(3,4)11;1-6(2)3-5(7)4-6;1-4(2,5)3(6)7;/h7H,5-6H2,1-4H3;5,7H,3-4H2,1-2H3;5H2,1-2H3,(H,6,7);1H3.